The van der Waals surface area contributed by atoms with Crippen LogP contribution in [0.5, 0.6) is 5.75 Å². The molecule has 0 heterocycles. The lowest BCUT2D eigenvalue weighted by Crippen LogP contribution is -2.28. The molecule has 3 rings (SSSR count). The third-order valence-electron chi connectivity index (χ3n) is 4.32. The fourth-order valence-corrected chi connectivity index (χ4v) is 2.78. The maximum Gasteiger partial charge on any atom is 0.253 e. The van der Waals surface area contributed by atoms with Gasteiger partial charge in [-0.2, -0.15) is 0 Å². The molecule has 0 spiro atoms. The van der Waals surface area contributed by atoms with Crippen LogP contribution < -0.4 is 26.0 Å². The molecular formula is C21H24N4O4. The molecule has 29 heavy (non-hydrogen) atoms. The van der Waals surface area contributed by atoms with Crippen molar-refractivity contribution >= 4 is 34.8 Å². The number of hydrogen-bond acceptors (Lipinski definition) is 5. The van der Waals surface area contributed by atoms with Crippen molar-refractivity contribution < 1.29 is 19.1 Å². The second-order valence-corrected chi connectivity index (χ2v) is 6.79. The number of hydrogen-bond donors (Lipinski definition) is 4. The van der Waals surface area contributed by atoms with E-state index in [2.05, 4.69) is 21.3 Å². The first-order valence-electron chi connectivity index (χ1n) is 9.35. The van der Waals surface area contributed by atoms with Gasteiger partial charge in [0.15, 0.2) is 0 Å². The highest BCUT2D eigenvalue weighted by Gasteiger charge is 2.25. The van der Waals surface area contributed by atoms with Crippen molar-refractivity contribution in [1.29, 1.82) is 0 Å². The monoisotopic (exact) mass is 396 g/mol. The second-order valence-electron chi connectivity index (χ2n) is 6.79. The molecule has 1 saturated carbocycles. The molecule has 2 aromatic rings. The highest BCUT2D eigenvalue weighted by molar-refractivity contribution is 6.04. The maximum absolute atomic E-state index is 12.4. The number of methoxy groups -OCH3 is 1. The summed E-state index contributed by atoms with van der Waals surface area (Å²) in [5.74, 6) is -0.166. The van der Waals surface area contributed by atoms with Crippen LogP contribution in [0.4, 0.5) is 17.1 Å². The summed E-state index contributed by atoms with van der Waals surface area (Å²) in [6, 6.07) is 12.2. The second kappa shape index (κ2) is 9.09. The summed E-state index contributed by atoms with van der Waals surface area (Å²) in [6.45, 7) is 1.38. The van der Waals surface area contributed by atoms with Gasteiger partial charge in [-0.1, -0.05) is 12.1 Å². The van der Waals surface area contributed by atoms with Gasteiger partial charge in [-0.05, 0) is 43.2 Å². The molecule has 3 amide bonds. The number of benzene rings is 2. The van der Waals surface area contributed by atoms with Crippen LogP contribution in [0.1, 0.15) is 30.1 Å². The minimum absolute atomic E-state index is 0.0432. The van der Waals surface area contributed by atoms with Crippen molar-refractivity contribution in [3.8, 4) is 5.75 Å². The summed E-state index contributed by atoms with van der Waals surface area (Å²) in [7, 11) is 1.52. The van der Waals surface area contributed by atoms with Crippen LogP contribution in [0.2, 0.25) is 0 Å². The Labute approximate surface area is 169 Å². The lowest BCUT2D eigenvalue weighted by atomic mass is 10.1. The topological polar surface area (TPSA) is 109 Å². The van der Waals surface area contributed by atoms with Gasteiger partial charge in [-0.3, -0.25) is 14.4 Å². The number of amides is 3. The first kappa shape index (κ1) is 20.2. The van der Waals surface area contributed by atoms with Crippen LogP contribution in [0.3, 0.4) is 0 Å². The average Bonchev–Trinajstić information content (AvgIpc) is 3.50. The van der Waals surface area contributed by atoms with Crippen LogP contribution in [0.25, 0.3) is 0 Å². The first-order chi connectivity index (χ1) is 14.0. The number of nitrogens with one attached hydrogen (secondary N) is 4. The molecule has 2 aromatic carbocycles. The SMILES string of the molecule is COc1ccc(NC(C)=O)cc1NCC(=O)Nc1ccccc1C(=O)NC1CC1. The Morgan fingerprint density at radius 2 is 1.79 bits per heavy atom. The van der Waals surface area contributed by atoms with Gasteiger partial charge in [0.1, 0.15) is 5.75 Å². The van der Waals surface area contributed by atoms with E-state index in [0.29, 0.717) is 28.4 Å². The van der Waals surface area contributed by atoms with E-state index in [1.165, 1.54) is 14.0 Å². The number of carbonyl (C=O) groups excluding carboxylic acids is 3. The fraction of sp³-hybridized carbons (Fsp3) is 0.286. The van der Waals surface area contributed by atoms with Crippen LogP contribution in [-0.2, 0) is 9.59 Å². The molecule has 0 saturated heterocycles. The maximum atomic E-state index is 12.4. The largest absolute Gasteiger partial charge is 0.495 e. The van der Waals surface area contributed by atoms with Crippen molar-refractivity contribution in [3.05, 3.63) is 48.0 Å². The number of ether oxygens (including phenoxy) is 1. The van der Waals surface area contributed by atoms with Crippen molar-refractivity contribution in [2.75, 3.05) is 29.6 Å². The van der Waals surface area contributed by atoms with Gasteiger partial charge in [0, 0.05) is 18.7 Å². The zero-order valence-electron chi connectivity index (χ0n) is 16.4. The van der Waals surface area contributed by atoms with Gasteiger partial charge >= 0.3 is 0 Å². The van der Waals surface area contributed by atoms with E-state index in [-0.39, 0.29) is 30.3 Å². The van der Waals surface area contributed by atoms with Crippen LogP contribution >= 0.6 is 0 Å². The molecule has 0 bridgehead atoms. The first-order valence-corrected chi connectivity index (χ1v) is 9.35. The third kappa shape index (κ3) is 5.71. The minimum Gasteiger partial charge on any atom is -0.495 e. The Balaban J connectivity index is 1.64. The number of rotatable bonds is 8. The summed E-state index contributed by atoms with van der Waals surface area (Å²) in [5.41, 5.74) is 2.03. The smallest absolute Gasteiger partial charge is 0.253 e. The van der Waals surface area contributed by atoms with Gasteiger partial charge in [0.2, 0.25) is 11.8 Å². The quantitative estimate of drug-likeness (QED) is 0.548. The highest BCUT2D eigenvalue weighted by atomic mass is 16.5. The molecule has 4 N–H and O–H groups in total. The molecule has 8 heteroatoms. The predicted molar refractivity (Wildman–Crippen MR) is 111 cm³/mol. The molecule has 152 valence electrons. The molecule has 8 nitrogen and oxygen atoms in total. The lowest BCUT2D eigenvalue weighted by molar-refractivity contribution is -0.115. The van der Waals surface area contributed by atoms with Crippen molar-refractivity contribution in [2.24, 2.45) is 0 Å². The van der Waals surface area contributed by atoms with Gasteiger partial charge in [0.05, 0.1) is 30.6 Å². The van der Waals surface area contributed by atoms with E-state index < -0.39 is 0 Å². The normalized spacial score (nSPS) is 12.6. The Kier molecular flexibility index (Phi) is 6.33. The molecule has 1 aliphatic rings. The van der Waals surface area contributed by atoms with E-state index in [9.17, 15) is 14.4 Å². The number of carbonyl (C=O) groups is 3. The van der Waals surface area contributed by atoms with Crippen molar-refractivity contribution in [3.63, 3.8) is 0 Å². The van der Waals surface area contributed by atoms with E-state index in [0.717, 1.165) is 12.8 Å². The molecule has 0 aromatic heterocycles. The summed E-state index contributed by atoms with van der Waals surface area (Å²) in [4.78, 5) is 36.0. The molecule has 0 atom stereocenters. The highest BCUT2D eigenvalue weighted by Crippen LogP contribution is 2.28. The molecule has 0 unspecified atom stereocenters. The Morgan fingerprint density at radius 1 is 1.03 bits per heavy atom. The number of anilines is 3. The summed E-state index contributed by atoms with van der Waals surface area (Å²) < 4.78 is 5.29. The van der Waals surface area contributed by atoms with Crippen molar-refractivity contribution in [2.45, 2.75) is 25.8 Å². The molecular weight excluding hydrogens is 372 g/mol. The van der Waals surface area contributed by atoms with Crippen LogP contribution in [0, 0.1) is 0 Å². The Hall–Kier alpha value is -3.55. The van der Waals surface area contributed by atoms with Gasteiger partial charge in [0.25, 0.3) is 5.91 Å². The van der Waals surface area contributed by atoms with E-state index in [1.807, 2.05) is 0 Å². The van der Waals surface area contributed by atoms with Crippen LogP contribution in [0.15, 0.2) is 42.5 Å². The Morgan fingerprint density at radius 3 is 2.48 bits per heavy atom. The molecule has 1 fully saturated rings. The minimum atomic E-state index is -0.316. The predicted octanol–water partition coefficient (Wildman–Crippen LogP) is 2.60. The lowest BCUT2D eigenvalue weighted by Gasteiger charge is -2.14. The summed E-state index contributed by atoms with van der Waals surface area (Å²) in [5, 5.41) is 11.4. The Bertz CT molecular complexity index is 925. The zero-order chi connectivity index (χ0) is 20.8. The van der Waals surface area contributed by atoms with E-state index >= 15 is 0 Å². The van der Waals surface area contributed by atoms with Gasteiger partial charge in [-0.15, -0.1) is 0 Å². The fourth-order valence-electron chi connectivity index (χ4n) is 2.78. The molecule has 0 aliphatic heterocycles. The number of para-hydroxylation sites is 1. The standard InChI is InChI=1S/C21H24N4O4/c1-13(26)23-15-9-10-19(29-2)18(11-15)22-12-20(27)25-17-6-4-3-5-16(17)21(28)24-14-7-8-14/h3-6,9-11,14,22H,7-8,12H2,1-2H3,(H,23,26)(H,24,28)(H,25,27). The van der Waals surface area contributed by atoms with E-state index in [1.54, 1.807) is 42.5 Å². The van der Waals surface area contributed by atoms with E-state index in [4.69, 9.17) is 4.74 Å². The van der Waals surface area contributed by atoms with Crippen molar-refractivity contribution in [1.82, 2.24) is 5.32 Å². The van der Waals surface area contributed by atoms with Crippen LogP contribution in [-0.4, -0.2) is 37.4 Å². The zero-order valence-corrected chi connectivity index (χ0v) is 16.4. The molecule has 1 aliphatic carbocycles. The molecule has 0 radical (unpaired) electrons. The van der Waals surface area contributed by atoms with Gasteiger partial charge < -0.3 is 26.0 Å². The third-order valence-corrected chi connectivity index (χ3v) is 4.32. The summed E-state index contributed by atoms with van der Waals surface area (Å²) in [6.07, 6.45) is 1.98. The average molecular weight is 396 g/mol. The summed E-state index contributed by atoms with van der Waals surface area (Å²) >= 11 is 0. The van der Waals surface area contributed by atoms with Gasteiger partial charge in [-0.25, -0.2) is 0 Å².